The number of rotatable bonds is 3. The van der Waals surface area contributed by atoms with E-state index >= 15 is 0 Å². The molecule has 1 aromatic carbocycles. The number of carbonyl (C=O) groups excluding carboxylic acids is 1. The van der Waals surface area contributed by atoms with Crippen molar-refractivity contribution in [2.45, 2.75) is 45.6 Å². The minimum absolute atomic E-state index is 0.222. The van der Waals surface area contributed by atoms with Gasteiger partial charge < -0.3 is 15.7 Å². The second-order valence-electron chi connectivity index (χ2n) is 5.90. The van der Waals surface area contributed by atoms with E-state index in [9.17, 15) is 9.59 Å². The fourth-order valence-corrected chi connectivity index (χ4v) is 2.85. The molecule has 2 amide bonds. The van der Waals surface area contributed by atoms with Gasteiger partial charge in [-0.15, -0.1) is 0 Å². The predicted molar refractivity (Wildman–Crippen MR) is 81.7 cm³/mol. The first kappa shape index (κ1) is 15.4. The van der Waals surface area contributed by atoms with Crippen molar-refractivity contribution in [3.05, 3.63) is 29.3 Å². The number of amides is 2. The SMILES string of the molecule is Cc1cc(C(=O)O)ccc1NC(=O)NC1CCCC(C)C1. The predicted octanol–water partition coefficient (Wildman–Crippen LogP) is 3.39. The molecule has 1 aliphatic carbocycles. The van der Waals surface area contributed by atoms with Crippen LogP contribution in [0.15, 0.2) is 18.2 Å². The van der Waals surface area contributed by atoms with Crippen LogP contribution in [0.25, 0.3) is 0 Å². The number of hydrogen-bond donors (Lipinski definition) is 3. The second kappa shape index (κ2) is 6.61. The second-order valence-corrected chi connectivity index (χ2v) is 5.90. The maximum absolute atomic E-state index is 12.0. The highest BCUT2D eigenvalue weighted by Crippen LogP contribution is 2.23. The highest BCUT2D eigenvalue weighted by atomic mass is 16.4. The zero-order chi connectivity index (χ0) is 15.4. The first-order chi connectivity index (χ1) is 9.95. The number of carboxylic acid groups (broad SMARTS) is 1. The molecule has 5 heteroatoms. The molecule has 0 saturated heterocycles. The van der Waals surface area contributed by atoms with Crippen molar-refractivity contribution in [1.82, 2.24) is 5.32 Å². The van der Waals surface area contributed by atoms with Gasteiger partial charge in [0.2, 0.25) is 0 Å². The summed E-state index contributed by atoms with van der Waals surface area (Å²) >= 11 is 0. The minimum atomic E-state index is -0.967. The van der Waals surface area contributed by atoms with Crippen LogP contribution in [-0.2, 0) is 0 Å². The number of nitrogens with one attached hydrogen (secondary N) is 2. The molecule has 114 valence electrons. The molecule has 0 aliphatic heterocycles. The Balaban J connectivity index is 1.94. The van der Waals surface area contributed by atoms with E-state index in [4.69, 9.17) is 5.11 Å². The van der Waals surface area contributed by atoms with Gasteiger partial charge >= 0.3 is 12.0 Å². The van der Waals surface area contributed by atoms with Crippen molar-refractivity contribution in [2.24, 2.45) is 5.92 Å². The van der Waals surface area contributed by atoms with E-state index in [-0.39, 0.29) is 17.6 Å². The van der Waals surface area contributed by atoms with Crippen molar-refractivity contribution in [3.8, 4) is 0 Å². The molecule has 1 saturated carbocycles. The van der Waals surface area contributed by atoms with Gasteiger partial charge in [0.15, 0.2) is 0 Å². The lowest BCUT2D eigenvalue weighted by molar-refractivity contribution is 0.0697. The molecular formula is C16H22N2O3. The molecule has 1 fully saturated rings. The van der Waals surface area contributed by atoms with Crippen LogP contribution in [0, 0.1) is 12.8 Å². The smallest absolute Gasteiger partial charge is 0.335 e. The van der Waals surface area contributed by atoms with E-state index in [1.54, 1.807) is 19.1 Å². The molecular weight excluding hydrogens is 268 g/mol. The Kier molecular flexibility index (Phi) is 4.83. The molecule has 1 aliphatic rings. The minimum Gasteiger partial charge on any atom is -0.478 e. The number of aryl methyl sites for hydroxylation is 1. The van der Waals surface area contributed by atoms with E-state index in [0.29, 0.717) is 11.6 Å². The lowest BCUT2D eigenvalue weighted by atomic mass is 9.87. The van der Waals surface area contributed by atoms with Gasteiger partial charge in [0.25, 0.3) is 0 Å². The number of hydrogen-bond acceptors (Lipinski definition) is 2. The van der Waals surface area contributed by atoms with E-state index in [2.05, 4.69) is 17.6 Å². The summed E-state index contributed by atoms with van der Waals surface area (Å²) in [4.78, 5) is 22.9. The van der Waals surface area contributed by atoms with Gasteiger partial charge in [-0.3, -0.25) is 0 Å². The molecule has 3 N–H and O–H groups in total. The standard InChI is InChI=1S/C16H22N2O3/c1-10-4-3-5-13(8-10)17-16(21)18-14-7-6-12(15(19)20)9-11(14)2/h6-7,9-10,13H,3-5,8H2,1-2H3,(H,19,20)(H2,17,18,21). The average molecular weight is 290 g/mol. The lowest BCUT2D eigenvalue weighted by Crippen LogP contribution is -2.40. The maximum Gasteiger partial charge on any atom is 0.335 e. The molecule has 0 heterocycles. The number of carboxylic acids is 1. The van der Waals surface area contributed by atoms with Gasteiger partial charge in [-0.05, 0) is 49.4 Å². The van der Waals surface area contributed by atoms with Gasteiger partial charge in [-0.1, -0.05) is 19.8 Å². The van der Waals surface area contributed by atoms with E-state index < -0.39 is 5.97 Å². The monoisotopic (exact) mass is 290 g/mol. The van der Waals surface area contributed by atoms with Crippen LogP contribution >= 0.6 is 0 Å². The fraction of sp³-hybridized carbons (Fsp3) is 0.500. The van der Waals surface area contributed by atoms with Crippen molar-refractivity contribution in [3.63, 3.8) is 0 Å². The van der Waals surface area contributed by atoms with E-state index in [0.717, 1.165) is 24.8 Å². The Morgan fingerprint density at radius 3 is 2.67 bits per heavy atom. The third-order valence-electron chi connectivity index (χ3n) is 3.99. The van der Waals surface area contributed by atoms with Crippen molar-refractivity contribution in [2.75, 3.05) is 5.32 Å². The number of aromatic carboxylic acids is 1. The molecule has 0 radical (unpaired) electrons. The van der Waals surface area contributed by atoms with Crippen LogP contribution < -0.4 is 10.6 Å². The first-order valence-electron chi connectivity index (χ1n) is 7.37. The van der Waals surface area contributed by atoms with Crippen molar-refractivity contribution < 1.29 is 14.7 Å². The van der Waals surface area contributed by atoms with Crippen LogP contribution in [0.1, 0.15) is 48.5 Å². The summed E-state index contributed by atoms with van der Waals surface area (Å²) < 4.78 is 0. The topological polar surface area (TPSA) is 78.4 Å². The summed E-state index contributed by atoms with van der Waals surface area (Å²) in [7, 11) is 0. The molecule has 0 aromatic heterocycles. The summed E-state index contributed by atoms with van der Waals surface area (Å²) in [6.45, 7) is 3.99. The molecule has 2 atom stereocenters. The molecule has 2 rings (SSSR count). The Labute approximate surface area is 124 Å². The Bertz CT molecular complexity index is 542. The van der Waals surface area contributed by atoms with Crippen LogP contribution in [-0.4, -0.2) is 23.1 Å². The molecule has 0 spiro atoms. The third kappa shape index (κ3) is 4.21. The summed E-state index contributed by atoms with van der Waals surface area (Å²) in [6.07, 6.45) is 4.42. The first-order valence-corrected chi connectivity index (χ1v) is 7.37. The molecule has 21 heavy (non-hydrogen) atoms. The van der Waals surface area contributed by atoms with Gasteiger partial charge in [0.1, 0.15) is 0 Å². The van der Waals surface area contributed by atoms with Crippen LogP contribution in [0.4, 0.5) is 10.5 Å². The van der Waals surface area contributed by atoms with Gasteiger partial charge in [-0.2, -0.15) is 0 Å². The van der Waals surface area contributed by atoms with Crippen LogP contribution in [0.5, 0.6) is 0 Å². The number of urea groups is 1. The van der Waals surface area contributed by atoms with Crippen LogP contribution in [0.3, 0.4) is 0 Å². The molecule has 2 unspecified atom stereocenters. The summed E-state index contributed by atoms with van der Waals surface area (Å²) in [6, 6.07) is 4.68. The van der Waals surface area contributed by atoms with Gasteiger partial charge in [0, 0.05) is 11.7 Å². The zero-order valence-electron chi connectivity index (χ0n) is 12.5. The van der Waals surface area contributed by atoms with Crippen molar-refractivity contribution in [1.29, 1.82) is 0 Å². The van der Waals surface area contributed by atoms with Crippen LogP contribution in [0.2, 0.25) is 0 Å². The number of benzene rings is 1. The third-order valence-corrected chi connectivity index (χ3v) is 3.99. The highest BCUT2D eigenvalue weighted by Gasteiger charge is 2.20. The maximum atomic E-state index is 12.0. The Morgan fingerprint density at radius 2 is 2.05 bits per heavy atom. The largest absolute Gasteiger partial charge is 0.478 e. The number of carbonyl (C=O) groups is 2. The zero-order valence-corrected chi connectivity index (χ0v) is 12.5. The summed E-state index contributed by atoms with van der Waals surface area (Å²) in [5, 5.41) is 14.7. The number of anilines is 1. The van der Waals surface area contributed by atoms with Crippen molar-refractivity contribution >= 4 is 17.7 Å². The molecule has 5 nitrogen and oxygen atoms in total. The lowest BCUT2D eigenvalue weighted by Gasteiger charge is -2.27. The van der Waals surface area contributed by atoms with E-state index in [1.807, 2.05) is 0 Å². The highest BCUT2D eigenvalue weighted by molar-refractivity contribution is 5.92. The summed E-state index contributed by atoms with van der Waals surface area (Å²) in [5.41, 5.74) is 1.60. The Morgan fingerprint density at radius 1 is 1.29 bits per heavy atom. The molecule has 0 bridgehead atoms. The fourth-order valence-electron chi connectivity index (χ4n) is 2.85. The Hall–Kier alpha value is -2.04. The quantitative estimate of drug-likeness (QED) is 0.798. The van der Waals surface area contributed by atoms with Gasteiger partial charge in [0.05, 0.1) is 5.56 Å². The summed E-state index contributed by atoms with van der Waals surface area (Å²) in [5.74, 6) is -0.314. The normalized spacial score (nSPS) is 21.6. The van der Waals surface area contributed by atoms with Gasteiger partial charge in [-0.25, -0.2) is 9.59 Å². The average Bonchev–Trinajstić information content (AvgIpc) is 2.40. The van der Waals surface area contributed by atoms with E-state index in [1.165, 1.54) is 12.5 Å². The molecule has 1 aromatic rings.